The maximum atomic E-state index is 8.72. The molecule has 3 heteroatoms. The zero-order valence-electron chi connectivity index (χ0n) is 13.3. The quantitative estimate of drug-likeness (QED) is 0.860. The number of hydrogen-bond acceptors (Lipinski definition) is 3. The van der Waals surface area contributed by atoms with E-state index in [0.29, 0.717) is 18.5 Å². The number of aliphatic hydroxyl groups is 1. The molecule has 0 amide bonds. The van der Waals surface area contributed by atoms with Crippen LogP contribution in [0.1, 0.15) is 31.4 Å². The van der Waals surface area contributed by atoms with Crippen LogP contribution in [0.15, 0.2) is 24.3 Å². The van der Waals surface area contributed by atoms with Gasteiger partial charge < -0.3 is 5.11 Å². The van der Waals surface area contributed by atoms with Crippen LogP contribution in [0.25, 0.3) is 0 Å². The van der Waals surface area contributed by atoms with Crippen LogP contribution < -0.4 is 0 Å². The van der Waals surface area contributed by atoms with Gasteiger partial charge in [0.2, 0.25) is 0 Å². The first-order chi connectivity index (χ1) is 10.1. The standard InChI is InChI=1S/C18H26N2O/c1-15-12-20(13-16(2)19(15)3)14-18-9-7-17(8-10-18)6-4-5-11-21/h7-10,15-16,21H,5,11-14H2,1-3H3. The van der Waals surface area contributed by atoms with Crippen LogP contribution in [-0.2, 0) is 6.54 Å². The molecule has 0 spiro atoms. The molecule has 1 aliphatic heterocycles. The lowest BCUT2D eigenvalue weighted by molar-refractivity contribution is 0.0556. The Hall–Kier alpha value is -1.34. The van der Waals surface area contributed by atoms with Crippen molar-refractivity contribution in [2.75, 3.05) is 26.7 Å². The average molecular weight is 286 g/mol. The van der Waals surface area contributed by atoms with Crippen molar-refractivity contribution in [1.29, 1.82) is 0 Å². The van der Waals surface area contributed by atoms with Gasteiger partial charge in [-0.2, -0.15) is 0 Å². The summed E-state index contributed by atoms with van der Waals surface area (Å²) in [7, 11) is 2.21. The first-order valence-electron chi connectivity index (χ1n) is 7.73. The van der Waals surface area contributed by atoms with Crippen LogP contribution in [0.3, 0.4) is 0 Å². The molecule has 1 heterocycles. The summed E-state index contributed by atoms with van der Waals surface area (Å²) in [4.78, 5) is 4.98. The second-order valence-corrected chi connectivity index (χ2v) is 6.03. The number of aliphatic hydroxyl groups excluding tert-OH is 1. The molecule has 0 aromatic heterocycles. The largest absolute Gasteiger partial charge is 0.395 e. The van der Waals surface area contributed by atoms with E-state index in [2.05, 4.69) is 66.8 Å². The van der Waals surface area contributed by atoms with Crippen molar-refractivity contribution in [3.8, 4) is 11.8 Å². The molecule has 1 aromatic carbocycles. The highest BCUT2D eigenvalue weighted by atomic mass is 16.2. The van der Waals surface area contributed by atoms with Gasteiger partial charge in [-0.25, -0.2) is 0 Å². The summed E-state index contributed by atoms with van der Waals surface area (Å²) in [5, 5.41) is 8.72. The molecule has 2 rings (SSSR count). The Morgan fingerprint density at radius 3 is 2.33 bits per heavy atom. The molecule has 0 aliphatic carbocycles. The fourth-order valence-electron chi connectivity index (χ4n) is 2.82. The third-order valence-electron chi connectivity index (χ3n) is 4.26. The lowest BCUT2D eigenvalue weighted by Gasteiger charge is -2.42. The van der Waals surface area contributed by atoms with Gasteiger partial charge in [0.05, 0.1) is 6.61 Å². The van der Waals surface area contributed by atoms with E-state index in [-0.39, 0.29) is 6.61 Å². The van der Waals surface area contributed by atoms with Crippen molar-refractivity contribution in [2.45, 2.75) is 38.9 Å². The maximum Gasteiger partial charge on any atom is 0.0540 e. The van der Waals surface area contributed by atoms with Gasteiger partial charge in [0.1, 0.15) is 0 Å². The van der Waals surface area contributed by atoms with Gasteiger partial charge in [0.15, 0.2) is 0 Å². The molecule has 3 nitrogen and oxygen atoms in total. The minimum absolute atomic E-state index is 0.130. The van der Waals surface area contributed by atoms with E-state index >= 15 is 0 Å². The molecular weight excluding hydrogens is 260 g/mol. The predicted molar refractivity (Wildman–Crippen MR) is 87.0 cm³/mol. The van der Waals surface area contributed by atoms with Crippen LogP contribution in [-0.4, -0.2) is 53.7 Å². The molecule has 21 heavy (non-hydrogen) atoms. The van der Waals surface area contributed by atoms with E-state index in [0.717, 1.165) is 25.2 Å². The lowest BCUT2D eigenvalue weighted by atomic mass is 10.1. The number of rotatable bonds is 3. The van der Waals surface area contributed by atoms with Crippen LogP contribution >= 0.6 is 0 Å². The molecule has 0 bridgehead atoms. The van der Waals surface area contributed by atoms with E-state index in [9.17, 15) is 0 Å². The highest BCUT2D eigenvalue weighted by Gasteiger charge is 2.26. The molecule has 1 aromatic rings. The Labute approximate surface area is 128 Å². The first kappa shape index (κ1) is 16.0. The summed E-state index contributed by atoms with van der Waals surface area (Å²) in [5.74, 6) is 6.02. The normalized spacial score (nSPS) is 23.6. The zero-order valence-corrected chi connectivity index (χ0v) is 13.3. The molecule has 1 N–H and O–H groups in total. The first-order valence-corrected chi connectivity index (χ1v) is 7.73. The predicted octanol–water partition coefficient (Wildman–Crippen LogP) is 1.94. The molecule has 1 aliphatic rings. The Balaban J connectivity index is 1.93. The maximum absolute atomic E-state index is 8.72. The minimum atomic E-state index is 0.130. The Morgan fingerprint density at radius 2 is 1.76 bits per heavy atom. The minimum Gasteiger partial charge on any atom is -0.395 e. The number of piperazine rings is 1. The average Bonchev–Trinajstić information content (AvgIpc) is 2.47. The smallest absolute Gasteiger partial charge is 0.0540 e. The highest BCUT2D eigenvalue weighted by Crippen LogP contribution is 2.16. The van der Waals surface area contributed by atoms with E-state index < -0.39 is 0 Å². The second kappa shape index (κ2) is 7.61. The van der Waals surface area contributed by atoms with Gasteiger partial charge >= 0.3 is 0 Å². The van der Waals surface area contributed by atoms with Gasteiger partial charge in [-0.15, -0.1) is 0 Å². The molecule has 2 atom stereocenters. The topological polar surface area (TPSA) is 26.7 Å². The number of hydrogen-bond donors (Lipinski definition) is 1. The molecule has 114 valence electrons. The van der Waals surface area contributed by atoms with E-state index in [1.807, 2.05) is 0 Å². The molecule has 1 fully saturated rings. The SMILES string of the molecule is CC1CN(Cc2ccc(C#CCCO)cc2)CC(C)N1C. The van der Waals surface area contributed by atoms with Crippen molar-refractivity contribution in [2.24, 2.45) is 0 Å². The van der Waals surface area contributed by atoms with Gasteiger partial charge in [0.25, 0.3) is 0 Å². The number of benzene rings is 1. The Bertz CT molecular complexity index is 488. The summed E-state index contributed by atoms with van der Waals surface area (Å²) in [6.45, 7) is 7.97. The summed E-state index contributed by atoms with van der Waals surface area (Å²) in [6.07, 6.45) is 0.540. The fourth-order valence-corrected chi connectivity index (χ4v) is 2.82. The van der Waals surface area contributed by atoms with Gasteiger partial charge in [-0.3, -0.25) is 9.80 Å². The zero-order chi connectivity index (χ0) is 15.2. The van der Waals surface area contributed by atoms with Crippen LogP contribution in [0, 0.1) is 11.8 Å². The molecule has 2 unspecified atom stereocenters. The van der Waals surface area contributed by atoms with E-state index in [1.54, 1.807) is 0 Å². The summed E-state index contributed by atoms with van der Waals surface area (Å²) in [5.41, 5.74) is 2.36. The van der Waals surface area contributed by atoms with Crippen molar-refractivity contribution >= 4 is 0 Å². The fraction of sp³-hybridized carbons (Fsp3) is 0.556. The third-order valence-corrected chi connectivity index (χ3v) is 4.26. The second-order valence-electron chi connectivity index (χ2n) is 6.03. The highest BCUT2D eigenvalue weighted by molar-refractivity contribution is 5.36. The van der Waals surface area contributed by atoms with Crippen molar-refractivity contribution in [3.05, 3.63) is 35.4 Å². The third kappa shape index (κ3) is 4.57. The van der Waals surface area contributed by atoms with Crippen molar-refractivity contribution in [3.63, 3.8) is 0 Å². The molecule has 0 radical (unpaired) electrons. The van der Waals surface area contributed by atoms with Gasteiger partial charge in [-0.05, 0) is 38.6 Å². The molecule has 1 saturated heterocycles. The van der Waals surface area contributed by atoms with Crippen LogP contribution in [0.5, 0.6) is 0 Å². The van der Waals surface area contributed by atoms with Gasteiger partial charge in [0, 0.05) is 43.7 Å². The summed E-state index contributed by atoms with van der Waals surface area (Å²) in [6, 6.07) is 9.69. The monoisotopic (exact) mass is 286 g/mol. The van der Waals surface area contributed by atoms with Crippen molar-refractivity contribution < 1.29 is 5.11 Å². The molecule has 0 saturated carbocycles. The summed E-state index contributed by atoms with van der Waals surface area (Å²) >= 11 is 0. The van der Waals surface area contributed by atoms with E-state index in [4.69, 9.17) is 5.11 Å². The Kier molecular flexibility index (Phi) is 5.81. The Morgan fingerprint density at radius 1 is 1.14 bits per heavy atom. The molecular formula is C18H26N2O. The number of likely N-dealkylation sites (N-methyl/N-ethyl adjacent to an activating group) is 1. The van der Waals surface area contributed by atoms with Crippen LogP contribution in [0.2, 0.25) is 0 Å². The van der Waals surface area contributed by atoms with Crippen molar-refractivity contribution in [1.82, 2.24) is 9.80 Å². The number of nitrogens with zero attached hydrogens (tertiary/aromatic N) is 2. The van der Waals surface area contributed by atoms with Gasteiger partial charge in [-0.1, -0.05) is 24.0 Å². The lowest BCUT2D eigenvalue weighted by Crippen LogP contribution is -2.54. The summed E-state index contributed by atoms with van der Waals surface area (Å²) < 4.78 is 0. The van der Waals surface area contributed by atoms with E-state index in [1.165, 1.54) is 5.56 Å². The van der Waals surface area contributed by atoms with Crippen LogP contribution in [0.4, 0.5) is 0 Å².